The number of aromatic nitrogens is 4. The highest BCUT2D eigenvalue weighted by molar-refractivity contribution is 6.31. The van der Waals surface area contributed by atoms with E-state index in [4.69, 9.17) is 21.3 Å². The van der Waals surface area contributed by atoms with Gasteiger partial charge in [-0.15, -0.1) is 0 Å². The zero-order chi connectivity index (χ0) is 25.3. The van der Waals surface area contributed by atoms with E-state index in [9.17, 15) is 9.18 Å². The molecule has 0 saturated heterocycles. The third-order valence-electron chi connectivity index (χ3n) is 5.68. The second-order valence-corrected chi connectivity index (χ2v) is 9.13. The van der Waals surface area contributed by atoms with Crippen LogP contribution in [0.2, 0.25) is 5.02 Å². The van der Waals surface area contributed by atoms with Crippen molar-refractivity contribution < 1.29 is 9.13 Å². The van der Waals surface area contributed by atoms with Gasteiger partial charge in [0, 0.05) is 17.7 Å². The van der Waals surface area contributed by atoms with Crippen LogP contribution < -0.4 is 10.3 Å². The SMILES string of the molecule is Cc1ccc(-c2nc(C(C)C)ncc2C)cc1-n1c(C)nc(OCc2ccc(F)cc2)c(Cl)c1=O. The van der Waals surface area contributed by atoms with Gasteiger partial charge in [0.15, 0.2) is 5.02 Å². The third kappa shape index (κ3) is 5.10. The summed E-state index contributed by atoms with van der Waals surface area (Å²) in [5.41, 5.74) is 4.46. The van der Waals surface area contributed by atoms with Crippen molar-refractivity contribution in [1.82, 2.24) is 19.5 Å². The first-order chi connectivity index (χ1) is 16.7. The van der Waals surface area contributed by atoms with Gasteiger partial charge in [0.05, 0.1) is 11.4 Å². The standard InChI is InChI=1S/C27H26ClFN4O2/c1-15(2)25-30-13-17(4)24(32-25)20-9-6-16(3)22(12-20)33-18(5)31-26(23(28)27(33)34)35-14-19-7-10-21(29)11-8-19/h6-13,15H,14H2,1-5H3. The summed E-state index contributed by atoms with van der Waals surface area (Å²) in [6.45, 7) is 9.81. The molecule has 6 nitrogen and oxygen atoms in total. The Morgan fingerprint density at radius 2 is 1.74 bits per heavy atom. The molecule has 0 aliphatic heterocycles. The van der Waals surface area contributed by atoms with Crippen molar-refractivity contribution in [3.63, 3.8) is 0 Å². The molecule has 0 radical (unpaired) electrons. The molecule has 4 aromatic rings. The summed E-state index contributed by atoms with van der Waals surface area (Å²) < 4.78 is 20.3. The van der Waals surface area contributed by atoms with Gasteiger partial charge in [0.1, 0.15) is 24.1 Å². The van der Waals surface area contributed by atoms with Crippen LogP contribution in [0.1, 0.15) is 48.1 Å². The molecule has 0 atom stereocenters. The predicted octanol–water partition coefficient (Wildman–Crippen LogP) is 6.11. The Morgan fingerprint density at radius 1 is 1.03 bits per heavy atom. The number of hydrogen-bond acceptors (Lipinski definition) is 5. The van der Waals surface area contributed by atoms with Gasteiger partial charge in [-0.2, -0.15) is 4.98 Å². The Balaban J connectivity index is 1.74. The first-order valence-electron chi connectivity index (χ1n) is 11.3. The van der Waals surface area contributed by atoms with Gasteiger partial charge in [-0.25, -0.2) is 14.4 Å². The number of nitrogens with zero attached hydrogens (tertiary/aromatic N) is 4. The van der Waals surface area contributed by atoms with E-state index in [1.165, 1.54) is 16.7 Å². The van der Waals surface area contributed by atoms with Crippen LogP contribution in [0.5, 0.6) is 5.88 Å². The molecular weight excluding hydrogens is 467 g/mol. The van der Waals surface area contributed by atoms with Crippen molar-refractivity contribution in [2.24, 2.45) is 0 Å². The molecule has 0 N–H and O–H groups in total. The first kappa shape index (κ1) is 24.5. The van der Waals surface area contributed by atoms with E-state index >= 15 is 0 Å². The van der Waals surface area contributed by atoms with Gasteiger partial charge in [0.2, 0.25) is 5.88 Å². The molecule has 180 valence electrons. The number of rotatable bonds is 6. The zero-order valence-electron chi connectivity index (χ0n) is 20.3. The van der Waals surface area contributed by atoms with Gasteiger partial charge in [-0.05, 0) is 55.7 Å². The number of hydrogen-bond donors (Lipinski definition) is 0. The minimum atomic E-state index is -0.434. The van der Waals surface area contributed by atoms with E-state index < -0.39 is 5.56 Å². The highest BCUT2D eigenvalue weighted by Crippen LogP contribution is 2.28. The lowest BCUT2D eigenvalue weighted by atomic mass is 10.0. The van der Waals surface area contributed by atoms with Crippen LogP contribution in [0.15, 0.2) is 53.5 Å². The fraction of sp³-hybridized carbons (Fsp3) is 0.259. The summed E-state index contributed by atoms with van der Waals surface area (Å²) in [7, 11) is 0. The van der Waals surface area contributed by atoms with Crippen LogP contribution in [-0.4, -0.2) is 19.5 Å². The van der Waals surface area contributed by atoms with E-state index in [0.717, 1.165) is 33.8 Å². The topological polar surface area (TPSA) is 69.9 Å². The fourth-order valence-electron chi connectivity index (χ4n) is 3.72. The van der Waals surface area contributed by atoms with Gasteiger partial charge in [-0.3, -0.25) is 9.36 Å². The molecule has 2 aromatic heterocycles. The van der Waals surface area contributed by atoms with Gasteiger partial charge >= 0.3 is 0 Å². The van der Waals surface area contributed by atoms with Crippen molar-refractivity contribution in [2.75, 3.05) is 0 Å². The average molecular weight is 493 g/mol. The summed E-state index contributed by atoms with van der Waals surface area (Å²) in [6, 6.07) is 11.7. The summed E-state index contributed by atoms with van der Waals surface area (Å²) >= 11 is 6.40. The molecule has 0 fully saturated rings. The molecule has 8 heteroatoms. The van der Waals surface area contributed by atoms with E-state index in [-0.39, 0.29) is 29.2 Å². The van der Waals surface area contributed by atoms with E-state index in [1.807, 2.05) is 52.1 Å². The van der Waals surface area contributed by atoms with Gasteiger partial charge in [-0.1, -0.05) is 49.7 Å². The molecular formula is C27H26ClFN4O2. The largest absolute Gasteiger partial charge is 0.472 e. The summed E-state index contributed by atoms with van der Waals surface area (Å²) in [4.78, 5) is 26.9. The van der Waals surface area contributed by atoms with Crippen molar-refractivity contribution in [2.45, 2.75) is 47.1 Å². The number of benzene rings is 2. The molecule has 0 bridgehead atoms. The van der Waals surface area contributed by atoms with Crippen LogP contribution >= 0.6 is 11.6 Å². The van der Waals surface area contributed by atoms with Crippen molar-refractivity contribution >= 4 is 11.6 Å². The lowest BCUT2D eigenvalue weighted by molar-refractivity contribution is 0.291. The molecule has 0 aliphatic rings. The number of ether oxygens (including phenoxy) is 1. The maximum atomic E-state index is 13.3. The third-order valence-corrected chi connectivity index (χ3v) is 6.01. The molecule has 0 aliphatic carbocycles. The molecule has 35 heavy (non-hydrogen) atoms. The molecule has 0 spiro atoms. The van der Waals surface area contributed by atoms with Crippen LogP contribution in [0.4, 0.5) is 4.39 Å². The Labute approximate surface area is 208 Å². The number of aryl methyl sites for hydroxylation is 3. The Morgan fingerprint density at radius 3 is 2.43 bits per heavy atom. The molecule has 0 unspecified atom stereocenters. The zero-order valence-corrected chi connectivity index (χ0v) is 21.0. The molecule has 2 heterocycles. The molecule has 2 aromatic carbocycles. The van der Waals surface area contributed by atoms with Gasteiger partial charge in [0.25, 0.3) is 5.56 Å². The summed E-state index contributed by atoms with van der Waals surface area (Å²) in [5.74, 6) is 1.08. The number of halogens is 2. The van der Waals surface area contributed by atoms with Crippen LogP contribution in [-0.2, 0) is 6.61 Å². The van der Waals surface area contributed by atoms with Gasteiger partial charge < -0.3 is 4.74 Å². The Bertz CT molecular complexity index is 1450. The van der Waals surface area contributed by atoms with Crippen molar-refractivity contribution in [1.29, 1.82) is 0 Å². The maximum absolute atomic E-state index is 13.3. The molecule has 0 amide bonds. The summed E-state index contributed by atoms with van der Waals surface area (Å²) in [6.07, 6.45) is 1.82. The Kier molecular flexibility index (Phi) is 6.98. The highest BCUT2D eigenvalue weighted by Gasteiger charge is 2.18. The smallest absolute Gasteiger partial charge is 0.280 e. The quantitative estimate of drug-likeness (QED) is 0.325. The van der Waals surface area contributed by atoms with Crippen LogP contribution in [0, 0.1) is 26.6 Å². The van der Waals surface area contributed by atoms with Crippen LogP contribution in [0.3, 0.4) is 0 Å². The fourth-order valence-corrected chi connectivity index (χ4v) is 3.90. The molecule has 4 rings (SSSR count). The van der Waals surface area contributed by atoms with E-state index in [1.54, 1.807) is 19.1 Å². The average Bonchev–Trinajstić information content (AvgIpc) is 2.83. The first-order valence-corrected chi connectivity index (χ1v) is 11.6. The normalized spacial score (nSPS) is 11.2. The van der Waals surface area contributed by atoms with Crippen LogP contribution in [0.25, 0.3) is 16.9 Å². The minimum absolute atomic E-state index is 0.0387. The predicted molar refractivity (Wildman–Crippen MR) is 135 cm³/mol. The second-order valence-electron chi connectivity index (χ2n) is 8.75. The van der Waals surface area contributed by atoms with Crippen molar-refractivity contribution in [3.05, 3.63) is 98.2 Å². The lowest BCUT2D eigenvalue weighted by Gasteiger charge is -2.17. The summed E-state index contributed by atoms with van der Waals surface area (Å²) in [5, 5.41) is -0.122. The van der Waals surface area contributed by atoms with Crippen molar-refractivity contribution in [3.8, 4) is 22.8 Å². The molecule has 0 saturated carbocycles. The second kappa shape index (κ2) is 9.96. The maximum Gasteiger partial charge on any atom is 0.280 e. The van der Waals surface area contributed by atoms with E-state index in [2.05, 4.69) is 9.97 Å². The Hall–Kier alpha value is -3.58. The lowest BCUT2D eigenvalue weighted by Crippen LogP contribution is -2.24. The highest BCUT2D eigenvalue weighted by atomic mass is 35.5. The minimum Gasteiger partial charge on any atom is -0.472 e. The monoisotopic (exact) mass is 492 g/mol. The van der Waals surface area contributed by atoms with E-state index in [0.29, 0.717) is 11.5 Å².